The Labute approximate surface area is 204 Å². The Morgan fingerprint density at radius 3 is 2.18 bits per heavy atom. The van der Waals surface area contributed by atoms with Crippen molar-refractivity contribution in [2.75, 3.05) is 17.1 Å². The quantitative estimate of drug-likeness (QED) is 0.502. The zero-order chi connectivity index (χ0) is 23.2. The number of aromatic nitrogens is 2. The van der Waals surface area contributed by atoms with E-state index in [4.69, 9.17) is 28.3 Å². The molecule has 0 bridgehead atoms. The average Bonchev–Trinajstić information content (AvgIpc) is 3.20. The molecule has 2 aliphatic rings. The smallest absolute Gasteiger partial charge is 0.236 e. The molecule has 1 atom stereocenters. The number of benzene rings is 2. The highest BCUT2D eigenvalue weighted by molar-refractivity contribution is 7.92. The van der Waals surface area contributed by atoms with Gasteiger partial charge < -0.3 is 5.32 Å². The van der Waals surface area contributed by atoms with Gasteiger partial charge in [0.15, 0.2) is 0 Å². The summed E-state index contributed by atoms with van der Waals surface area (Å²) in [6.07, 6.45) is 5.69. The molecule has 2 heterocycles. The topological polar surface area (TPSA) is 67.2 Å². The standard InChI is InChI=1S/C24H26Cl2N4O2S/c1-29-24-22(21(15-33(29,31)32)27-19-5-3-2-4-6-19)28-30(20-13-11-18(26)12-14-20)23(24)16-7-9-17(25)10-8-16/h7-14,19,21,27H,2-6,15H2,1H3. The molecule has 5 rings (SSSR count). The summed E-state index contributed by atoms with van der Waals surface area (Å²) in [6.45, 7) is 0. The van der Waals surface area contributed by atoms with Crippen molar-refractivity contribution in [1.29, 1.82) is 0 Å². The lowest BCUT2D eigenvalue weighted by atomic mass is 9.94. The van der Waals surface area contributed by atoms with Gasteiger partial charge in [0.25, 0.3) is 0 Å². The molecule has 3 aromatic rings. The van der Waals surface area contributed by atoms with E-state index in [1.807, 2.05) is 28.9 Å². The summed E-state index contributed by atoms with van der Waals surface area (Å²) >= 11 is 12.3. The van der Waals surface area contributed by atoms with Crippen molar-refractivity contribution in [1.82, 2.24) is 15.1 Å². The van der Waals surface area contributed by atoms with Crippen LogP contribution < -0.4 is 9.62 Å². The monoisotopic (exact) mass is 504 g/mol. The lowest BCUT2D eigenvalue weighted by molar-refractivity contribution is 0.343. The number of halogens is 2. The van der Waals surface area contributed by atoms with Gasteiger partial charge in [-0.3, -0.25) is 4.31 Å². The molecule has 1 aliphatic carbocycles. The number of hydrogen-bond donors (Lipinski definition) is 1. The highest BCUT2D eigenvalue weighted by Crippen LogP contribution is 2.43. The molecule has 6 nitrogen and oxygen atoms in total. The van der Waals surface area contributed by atoms with E-state index in [0.717, 1.165) is 29.8 Å². The molecule has 1 saturated carbocycles. The van der Waals surface area contributed by atoms with Gasteiger partial charge in [0.2, 0.25) is 10.0 Å². The first-order chi connectivity index (χ1) is 15.8. The molecule has 0 radical (unpaired) electrons. The van der Waals surface area contributed by atoms with Gasteiger partial charge in [-0.1, -0.05) is 54.6 Å². The normalized spacial score (nSPS) is 20.6. The lowest BCUT2D eigenvalue weighted by Crippen LogP contribution is -2.44. The molecule has 1 unspecified atom stereocenters. The third-order valence-electron chi connectivity index (χ3n) is 6.56. The average molecular weight is 505 g/mol. The van der Waals surface area contributed by atoms with Crippen molar-refractivity contribution < 1.29 is 8.42 Å². The van der Waals surface area contributed by atoms with E-state index in [9.17, 15) is 8.42 Å². The number of nitrogens with zero attached hydrogens (tertiary/aromatic N) is 3. The van der Waals surface area contributed by atoms with Crippen LogP contribution in [0.2, 0.25) is 10.0 Å². The maximum atomic E-state index is 13.2. The predicted octanol–water partition coefficient (Wildman–Crippen LogP) is 5.59. The molecule has 1 N–H and O–H groups in total. The first kappa shape index (κ1) is 22.7. The minimum Gasteiger partial charge on any atom is -0.305 e. The molecular formula is C24H26Cl2N4O2S. The zero-order valence-electron chi connectivity index (χ0n) is 18.3. The van der Waals surface area contributed by atoms with Gasteiger partial charge in [0.05, 0.1) is 23.2 Å². The summed E-state index contributed by atoms with van der Waals surface area (Å²) in [6, 6.07) is 14.7. The Hall–Kier alpha value is -2.06. The first-order valence-electron chi connectivity index (χ1n) is 11.2. The Bertz CT molecular complexity index is 1250. The largest absolute Gasteiger partial charge is 0.305 e. The fraction of sp³-hybridized carbons (Fsp3) is 0.375. The highest BCUT2D eigenvalue weighted by Gasteiger charge is 2.40. The van der Waals surface area contributed by atoms with Crippen LogP contribution >= 0.6 is 23.2 Å². The van der Waals surface area contributed by atoms with Crippen LogP contribution in [-0.2, 0) is 10.0 Å². The van der Waals surface area contributed by atoms with Gasteiger partial charge in [0, 0.05) is 28.7 Å². The molecular weight excluding hydrogens is 479 g/mol. The number of rotatable bonds is 4. The van der Waals surface area contributed by atoms with E-state index in [2.05, 4.69) is 5.32 Å². The minimum atomic E-state index is -3.52. The van der Waals surface area contributed by atoms with Crippen molar-refractivity contribution >= 4 is 38.9 Å². The summed E-state index contributed by atoms with van der Waals surface area (Å²) < 4.78 is 29.7. The number of nitrogens with one attached hydrogen (secondary N) is 1. The molecule has 33 heavy (non-hydrogen) atoms. The number of fused-ring (bicyclic) bond motifs is 1. The predicted molar refractivity (Wildman–Crippen MR) is 134 cm³/mol. The van der Waals surface area contributed by atoms with Gasteiger partial charge >= 0.3 is 0 Å². The number of sulfonamides is 1. The third-order valence-corrected chi connectivity index (χ3v) is 8.83. The fourth-order valence-electron chi connectivity index (χ4n) is 4.83. The van der Waals surface area contributed by atoms with Crippen LogP contribution in [0, 0.1) is 0 Å². The second kappa shape index (κ2) is 8.95. The number of hydrogen-bond acceptors (Lipinski definition) is 4. The van der Waals surface area contributed by atoms with Gasteiger partial charge in [-0.05, 0) is 49.2 Å². The van der Waals surface area contributed by atoms with E-state index >= 15 is 0 Å². The van der Waals surface area contributed by atoms with E-state index in [1.54, 1.807) is 31.3 Å². The summed E-state index contributed by atoms with van der Waals surface area (Å²) in [7, 11) is -1.91. The molecule has 1 aromatic heterocycles. The molecule has 9 heteroatoms. The molecule has 1 fully saturated rings. The third kappa shape index (κ3) is 4.39. The van der Waals surface area contributed by atoms with E-state index in [0.29, 0.717) is 27.5 Å². The summed E-state index contributed by atoms with van der Waals surface area (Å²) in [5, 5.41) is 9.85. The SMILES string of the molecule is CN1c2c(nn(-c3ccc(Cl)cc3)c2-c2ccc(Cl)cc2)C(NC2CCCCC2)CS1(=O)=O. The second-order valence-electron chi connectivity index (χ2n) is 8.78. The fourth-order valence-corrected chi connectivity index (χ4v) is 6.44. The molecule has 0 saturated heterocycles. The molecule has 2 aromatic carbocycles. The van der Waals surface area contributed by atoms with Gasteiger partial charge in [-0.25, -0.2) is 13.1 Å². The summed E-state index contributed by atoms with van der Waals surface area (Å²) in [5.41, 5.74) is 3.71. The summed E-state index contributed by atoms with van der Waals surface area (Å²) in [4.78, 5) is 0. The van der Waals surface area contributed by atoms with Crippen LogP contribution in [0.4, 0.5) is 5.69 Å². The van der Waals surface area contributed by atoms with Gasteiger partial charge in [-0.15, -0.1) is 0 Å². The Morgan fingerprint density at radius 1 is 0.939 bits per heavy atom. The highest BCUT2D eigenvalue weighted by atomic mass is 35.5. The first-order valence-corrected chi connectivity index (χ1v) is 13.6. The maximum absolute atomic E-state index is 13.2. The number of anilines is 1. The van der Waals surface area contributed by atoms with Crippen LogP contribution in [0.15, 0.2) is 48.5 Å². The van der Waals surface area contributed by atoms with Crippen molar-refractivity contribution in [3.8, 4) is 16.9 Å². The minimum absolute atomic E-state index is 0.00924. The van der Waals surface area contributed by atoms with E-state index in [1.165, 1.54) is 23.6 Å². The molecule has 174 valence electrons. The Morgan fingerprint density at radius 2 is 1.55 bits per heavy atom. The van der Waals surface area contributed by atoms with Crippen LogP contribution in [0.5, 0.6) is 0 Å². The van der Waals surface area contributed by atoms with E-state index < -0.39 is 10.0 Å². The summed E-state index contributed by atoms with van der Waals surface area (Å²) in [5.74, 6) is -0.00924. The second-order valence-corrected chi connectivity index (χ2v) is 11.7. The van der Waals surface area contributed by atoms with Gasteiger partial charge in [0.1, 0.15) is 11.4 Å². The van der Waals surface area contributed by atoms with Crippen LogP contribution in [-0.4, -0.2) is 37.0 Å². The van der Waals surface area contributed by atoms with Crippen molar-refractivity contribution in [2.24, 2.45) is 0 Å². The van der Waals surface area contributed by atoms with Crippen LogP contribution in [0.1, 0.15) is 43.8 Å². The van der Waals surface area contributed by atoms with Gasteiger partial charge in [-0.2, -0.15) is 5.10 Å². The molecule has 1 aliphatic heterocycles. The van der Waals surface area contributed by atoms with Crippen molar-refractivity contribution in [2.45, 2.75) is 44.2 Å². The van der Waals surface area contributed by atoms with Crippen LogP contribution in [0.3, 0.4) is 0 Å². The zero-order valence-corrected chi connectivity index (χ0v) is 20.7. The van der Waals surface area contributed by atoms with Crippen molar-refractivity contribution in [3.05, 3.63) is 64.3 Å². The van der Waals surface area contributed by atoms with E-state index in [-0.39, 0.29) is 11.8 Å². The Balaban J connectivity index is 1.70. The molecule has 0 spiro atoms. The molecule has 0 amide bonds. The lowest BCUT2D eigenvalue weighted by Gasteiger charge is -2.33. The maximum Gasteiger partial charge on any atom is 0.236 e. The Kier molecular flexibility index (Phi) is 6.16. The van der Waals surface area contributed by atoms with Crippen LogP contribution in [0.25, 0.3) is 16.9 Å². The van der Waals surface area contributed by atoms with Crippen molar-refractivity contribution in [3.63, 3.8) is 0 Å².